The summed E-state index contributed by atoms with van der Waals surface area (Å²) in [6.45, 7) is 10.8. The molecule has 136 valence electrons. The van der Waals surface area contributed by atoms with Crippen LogP contribution in [0.15, 0.2) is 0 Å². The highest BCUT2D eigenvalue weighted by Gasteiger charge is 2.16. The summed E-state index contributed by atoms with van der Waals surface area (Å²) >= 11 is 0. The molecular weight excluding hydrogens is 300 g/mol. The zero-order valence-electron chi connectivity index (χ0n) is 14.7. The smallest absolute Gasteiger partial charge is 0.407 e. The number of piperidine rings is 1. The average Bonchev–Trinajstić information content (AvgIpc) is 2.45. The van der Waals surface area contributed by atoms with E-state index in [1.165, 1.54) is 0 Å². The van der Waals surface area contributed by atoms with Crippen molar-refractivity contribution in [1.82, 2.24) is 10.2 Å². The van der Waals surface area contributed by atoms with Gasteiger partial charge in [-0.15, -0.1) is 0 Å². The molecule has 1 aliphatic heterocycles. The molecule has 0 aromatic carbocycles. The van der Waals surface area contributed by atoms with Crippen molar-refractivity contribution in [3.05, 3.63) is 0 Å². The Hall–Kier alpha value is -0.890. The Morgan fingerprint density at radius 3 is 2.35 bits per heavy atom. The van der Waals surface area contributed by atoms with Gasteiger partial charge in [-0.2, -0.15) is 0 Å². The first-order valence-electron chi connectivity index (χ1n) is 8.39. The fourth-order valence-corrected chi connectivity index (χ4v) is 2.20. The molecule has 0 unspecified atom stereocenters. The molecule has 1 fully saturated rings. The number of hydrogen-bond donors (Lipinski definition) is 2. The van der Waals surface area contributed by atoms with Crippen molar-refractivity contribution < 1.29 is 24.1 Å². The summed E-state index contributed by atoms with van der Waals surface area (Å²) in [5, 5.41) is 12.1. The standard InChI is InChI=1S/C16H32N2O5/c1-16(2,3)23-15(20)17-6-10-21-12-13-22-11-9-18-7-4-14(19)5-8-18/h14,19H,4-13H2,1-3H3,(H,17,20). The van der Waals surface area contributed by atoms with Crippen molar-refractivity contribution in [1.29, 1.82) is 0 Å². The molecule has 1 heterocycles. The number of hydrogen-bond acceptors (Lipinski definition) is 6. The number of nitrogens with one attached hydrogen (secondary N) is 1. The third kappa shape index (κ3) is 11.3. The molecule has 1 aliphatic rings. The first-order chi connectivity index (χ1) is 10.9. The second-order valence-corrected chi connectivity index (χ2v) is 6.73. The van der Waals surface area contributed by atoms with Gasteiger partial charge in [0.2, 0.25) is 0 Å². The molecule has 0 atom stereocenters. The van der Waals surface area contributed by atoms with Gasteiger partial charge in [-0.25, -0.2) is 4.79 Å². The van der Waals surface area contributed by atoms with Crippen molar-refractivity contribution in [2.75, 3.05) is 52.6 Å². The fraction of sp³-hybridized carbons (Fsp3) is 0.938. The number of carbonyl (C=O) groups is 1. The van der Waals surface area contributed by atoms with Gasteiger partial charge in [0.1, 0.15) is 5.60 Å². The lowest BCUT2D eigenvalue weighted by Gasteiger charge is -2.29. The van der Waals surface area contributed by atoms with E-state index in [0.717, 1.165) is 32.5 Å². The Morgan fingerprint density at radius 2 is 1.74 bits per heavy atom. The lowest BCUT2D eigenvalue weighted by Crippen LogP contribution is -2.37. The number of amides is 1. The summed E-state index contributed by atoms with van der Waals surface area (Å²) < 4.78 is 16.0. The van der Waals surface area contributed by atoms with Gasteiger partial charge in [0.05, 0.1) is 32.5 Å². The highest BCUT2D eigenvalue weighted by Crippen LogP contribution is 2.09. The number of aliphatic hydroxyl groups is 1. The molecule has 0 aromatic heterocycles. The highest BCUT2D eigenvalue weighted by molar-refractivity contribution is 5.67. The fourth-order valence-electron chi connectivity index (χ4n) is 2.20. The van der Waals surface area contributed by atoms with Gasteiger partial charge in [-0.3, -0.25) is 0 Å². The molecule has 0 spiro atoms. The highest BCUT2D eigenvalue weighted by atomic mass is 16.6. The molecule has 0 bridgehead atoms. The van der Waals surface area contributed by atoms with Gasteiger partial charge in [-0.05, 0) is 33.6 Å². The predicted molar refractivity (Wildman–Crippen MR) is 87.6 cm³/mol. The topological polar surface area (TPSA) is 80.3 Å². The molecule has 0 aromatic rings. The van der Waals surface area contributed by atoms with E-state index >= 15 is 0 Å². The van der Waals surface area contributed by atoms with E-state index in [1.807, 2.05) is 20.8 Å². The van der Waals surface area contributed by atoms with E-state index in [2.05, 4.69) is 10.2 Å². The van der Waals surface area contributed by atoms with Crippen molar-refractivity contribution in [2.24, 2.45) is 0 Å². The normalized spacial score (nSPS) is 17.2. The largest absolute Gasteiger partial charge is 0.444 e. The molecule has 7 heteroatoms. The molecule has 1 saturated heterocycles. The minimum absolute atomic E-state index is 0.130. The molecule has 0 saturated carbocycles. The zero-order valence-corrected chi connectivity index (χ0v) is 14.7. The van der Waals surface area contributed by atoms with Gasteiger partial charge in [0.15, 0.2) is 0 Å². The van der Waals surface area contributed by atoms with Crippen LogP contribution in [0.5, 0.6) is 0 Å². The molecule has 7 nitrogen and oxygen atoms in total. The summed E-state index contributed by atoms with van der Waals surface area (Å²) in [7, 11) is 0. The summed E-state index contributed by atoms with van der Waals surface area (Å²) in [6.07, 6.45) is 1.15. The average molecular weight is 332 g/mol. The van der Waals surface area contributed by atoms with E-state index in [9.17, 15) is 9.90 Å². The van der Waals surface area contributed by atoms with E-state index in [1.54, 1.807) is 0 Å². The number of rotatable bonds is 9. The molecule has 1 amide bonds. The van der Waals surface area contributed by atoms with Gasteiger partial charge >= 0.3 is 6.09 Å². The maximum absolute atomic E-state index is 11.4. The zero-order chi connectivity index (χ0) is 17.1. The lowest BCUT2D eigenvalue weighted by molar-refractivity contribution is 0.0254. The minimum atomic E-state index is -0.481. The summed E-state index contributed by atoms with van der Waals surface area (Å²) in [5.41, 5.74) is -0.481. The number of ether oxygens (including phenoxy) is 3. The second-order valence-electron chi connectivity index (χ2n) is 6.73. The molecule has 23 heavy (non-hydrogen) atoms. The molecule has 1 rings (SSSR count). The first-order valence-corrected chi connectivity index (χ1v) is 8.39. The van der Waals surface area contributed by atoms with Crippen LogP contribution in [0.1, 0.15) is 33.6 Å². The third-order valence-electron chi connectivity index (χ3n) is 3.40. The van der Waals surface area contributed by atoms with Crippen LogP contribution < -0.4 is 5.32 Å². The monoisotopic (exact) mass is 332 g/mol. The Morgan fingerprint density at radius 1 is 1.13 bits per heavy atom. The number of nitrogens with zero attached hydrogens (tertiary/aromatic N) is 1. The minimum Gasteiger partial charge on any atom is -0.444 e. The molecule has 2 N–H and O–H groups in total. The van der Waals surface area contributed by atoms with Crippen LogP contribution in [-0.4, -0.2) is 80.4 Å². The summed E-state index contributed by atoms with van der Waals surface area (Å²) in [5.74, 6) is 0. The quantitative estimate of drug-likeness (QED) is 0.613. The third-order valence-corrected chi connectivity index (χ3v) is 3.40. The van der Waals surface area contributed by atoms with Gasteiger partial charge in [0, 0.05) is 26.2 Å². The summed E-state index contributed by atoms with van der Waals surface area (Å²) in [4.78, 5) is 13.7. The van der Waals surface area contributed by atoms with Crippen molar-refractivity contribution in [3.63, 3.8) is 0 Å². The number of likely N-dealkylation sites (tertiary alicyclic amines) is 1. The van der Waals surface area contributed by atoms with Gasteiger partial charge in [-0.1, -0.05) is 0 Å². The van der Waals surface area contributed by atoms with E-state index in [0.29, 0.717) is 33.0 Å². The van der Waals surface area contributed by atoms with Crippen LogP contribution in [0, 0.1) is 0 Å². The van der Waals surface area contributed by atoms with Crippen molar-refractivity contribution >= 4 is 6.09 Å². The molecule has 0 aliphatic carbocycles. The molecular formula is C16H32N2O5. The van der Waals surface area contributed by atoms with Crippen molar-refractivity contribution in [3.8, 4) is 0 Å². The SMILES string of the molecule is CC(C)(C)OC(=O)NCCOCCOCCN1CCC(O)CC1. The number of alkyl carbamates (subject to hydrolysis) is 1. The second kappa shape index (κ2) is 10.8. The Balaban J connectivity index is 1.84. The van der Waals surface area contributed by atoms with Crippen molar-refractivity contribution in [2.45, 2.75) is 45.3 Å². The Kier molecular flexibility index (Phi) is 9.47. The Bertz CT molecular complexity index is 325. The molecule has 0 radical (unpaired) electrons. The van der Waals surface area contributed by atoms with Gasteiger partial charge < -0.3 is 29.5 Å². The van der Waals surface area contributed by atoms with Crippen LogP contribution in [-0.2, 0) is 14.2 Å². The predicted octanol–water partition coefficient (Wildman–Crippen LogP) is 1.00. The maximum atomic E-state index is 11.4. The Labute approximate surface area is 139 Å². The maximum Gasteiger partial charge on any atom is 0.407 e. The van der Waals surface area contributed by atoms with Gasteiger partial charge in [0.25, 0.3) is 0 Å². The number of carbonyl (C=O) groups excluding carboxylic acids is 1. The van der Waals surface area contributed by atoms with E-state index < -0.39 is 11.7 Å². The van der Waals surface area contributed by atoms with Crippen LogP contribution >= 0.6 is 0 Å². The number of aliphatic hydroxyl groups excluding tert-OH is 1. The van der Waals surface area contributed by atoms with Crippen LogP contribution in [0.4, 0.5) is 4.79 Å². The van der Waals surface area contributed by atoms with Crippen LogP contribution in [0.25, 0.3) is 0 Å². The first kappa shape index (κ1) is 20.2. The van der Waals surface area contributed by atoms with Crippen LogP contribution in [0.3, 0.4) is 0 Å². The lowest BCUT2D eigenvalue weighted by atomic mass is 10.1. The van der Waals surface area contributed by atoms with Crippen LogP contribution in [0.2, 0.25) is 0 Å². The summed E-state index contributed by atoms with van der Waals surface area (Å²) in [6, 6.07) is 0. The van der Waals surface area contributed by atoms with E-state index in [-0.39, 0.29) is 6.10 Å². The van der Waals surface area contributed by atoms with E-state index in [4.69, 9.17) is 14.2 Å².